The lowest BCUT2D eigenvalue weighted by Crippen LogP contribution is -2.53. The van der Waals surface area contributed by atoms with Crippen LogP contribution in [0.3, 0.4) is 0 Å². The Kier molecular flexibility index (Phi) is 4.87. The van der Waals surface area contributed by atoms with Gasteiger partial charge in [0.2, 0.25) is 10.0 Å². The second-order valence-electron chi connectivity index (χ2n) is 4.04. The van der Waals surface area contributed by atoms with Crippen molar-refractivity contribution in [1.29, 1.82) is 0 Å². The van der Waals surface area contributed by atoms with Crippen LogP contribution in [-0.4, -0.2) is 45.1 Å². The highest BCUT2D eigenvalue weighted by molar-refractivity contribution is 7.93. The minimum absolute atomic E-state index is 0.00423. The largest absolute Gasteiger partial charge is 0.392 e. The Morgan fingerprint density at radius 3 is 2.00 bits per heavy atom. The zero-order valence-corrected chi connectivity index (χ0v) is 11.8. The van der Waals surface area contributed by atoms with Crippen LogP contribution in [0.15, 0.2) is 0 Å². The first kappa shape index (κ1) is 15.8. The van der Waals surface area contributed by atoms with Crippen LogP contribution >= 0.6 is 12.2 Å². The highest BCUT2D eigenvalue weighted by Crippen LogP contribution is 2.05. The first-order chi connectivity index (χ1) is 6.86. The summed E-state index contributed by atoms with van der Waals surface area (Å²) in [7, 11) is -7.03. The molecule has 0 saturated heterocycles. The monoisotopic (exact) mass is 288 g/mol. The first-order valence-electron chi connectivity index (χ1n) is 4.35. The van der Waals surface area contributed by atoms with Crippen LogP contribution in [0.1, 0.15) is 13.8 Å². The molecule has 0 heterocycles. The molecule has 3 N–H and O–H groups in total. The Morgan fingerprint density at radius 2 is 1.69 bits per heavy atom. The molecule has 0 aromatic heterocycles. The molecule has 96 valence electrons. The van der Waals surface area contributed by atoms with Crippen LogP contribution in [0.5, 0.6) is 0 Å². The smallest absolute Gasteiger partial charge is 0.213 e. The van der Waals surface area contributed by atoms with E-state index in [1.807, 2.05) is 0 Å². The van der Waals surface area contributed by atoms with Gasteiger partial charge in [-0.15, -0.1) is 0 Å². The zero-order valence-electron chi connectivity index (χ0n) is 9.35. The van der Waals surface area contributed by atoms with Crippen molar-refractivity contribution in [1.82, 2.24) is 4.72 Å². The van der Waals surface area contributed by atoms with Crippen molar-refractivity contribution in [2.75, 3.05) is 17.8 Å². The maximum absolute atomic E-state index is 11.5. The van der Waals surface area contributed by atoms with Crippen molar-refractivity contribution < 1.29 is 16.8 Å². The van der Waals surface area contributed by atoms with E-state index in [0.29, 0.717) is 0 Å². The van der Waals surface area contributed by atoms with Crippen LogP contribution in [-0.2, 0) is 19.9 Å². The SMILES string of the molecule is CC(C)(NS(=O)(=O)CCS(C)(=O)=O)C(N)=S. The molecule has 0 bridgehead atoms. The third-order valence-corrected chi connectivity index (χ3v) is 5.03. The van der Waals surface area contributed by atoms with E-state index < -0.39 is 36.9 Å². The third-order valence-electron chi connectivity index (χ3n) is 1.75. The van der Waals surface area contributed by atoms with E-state index in [9.17, 15) is 16.8 Å². The van der Waals surface area contributed by atoms with Crippen molar-refractivity contribution in [3.05, 3.63) is 0 Å². The molecule has 0 rings (SSSR count). The normalized spacial score (nSPS) is 13.7. The maximum Gasteiger partial charge on any atom is 0.213 e. The summed E-state index contributed by atoms with van der Waals surface area (Å²) in [4.78, 5) is -0.00423. The molecule has 0 spiro atoms. The van der Waals surface area contributed by atoms with Crippen molar-refractivity contribution in [2.24, 2.45) is 5.73 Å². The highest BCUT2D eigenvalue weighted by atomic mass is 32.2. The predicted molar refractivity (Wildman–Crippen MR) is 67.5 cm³/mol. The van der Waals surface area contributed by atoms with Gasteiger partial charge in [-0.25, -0.2) is 21.6 Å². The van der Waals surface area contributed by atoms with Crippen LogP contribution in [0.25, 0.3) is 0 Å². The number of thiocarbonyl (C=S) groups is 1. The molecule has 0 aliphatic rings. The van der Waals surface area contributed by atoms with Crippen molar-refractivity contribution in [2.45, 2.75) is 19.4 Å². The number of sulfone groups is 1. The van der Waals surface area contributed by atoms with Gasteiger partial charge in [-0.3, -0.25) is 0 Å². The molecule has 0 aromatic carbocycles. The molecule has 0 aromatic rings. The highest BCUT2D eigenvalue weighted by Gasteiger charge is 2.27. The molecule has 0 aliphatic carbocycles. The summed E-state index contributed by atoms with van der Waals surface area (Å²) in [5.41, 5.74) is 4.28. The van der Waals surface area contributed by atoms with Gasteiger partial charge in [0.15, 0.2) is 0 Å². The minimum Gasteiger partial charge on any atom is -0.392 e. The molecule has 0 saturated carbocycles. The number of rotatable bonds is 6. The molecular formula is C7H16N2O4S3. The number of sulfonamides is 1. The standard InChI is InChI=1S/C7H16N2O4S3/c1-7(2,6(8)14)9-16(12,13)5-4-15(3,10)11/h9H,4-5H2,1-3H3,(H2,8,14). The van der Waals surface area contributed by atoms with Gasteiger partial charge in [-0.1, -0.05) is 12.2 Å². The van der Waals surface area contributed by atoms with Gasteiger partial charge in [0.1, 0.15) is 9.84 Å². The molecule has 0 atom stereocenters. The zero-order chi connectivity index (χ0) is 13.2. The van der Waals surface area contributed by atoms with Crippen molar-refractivity contribution >= 4 is 37.1 Å². The number of hydrogen-bond acceptors (Lipinski definition) is 5. The van der Waals surface area contributed by atoms with Crippen LogP contribution in [0.4, 0.5) is 0 Å². The molecule has 0 radical (unpaired) electrons. The maximum atomic E-state index is 11.5. The van der Waals surface area contributed by atoms with Crippen molar-refractivity contribution in [3.8, 4) is 0 Å². The molecule has 16 heavy (non-hydrogen) atoms. The second-order valence-corrected chi connectivity index (χ2v) is 8.58. The lowest BCUT2D eigenvalue weighted by Gasteiger charge is -2.24. The average molecular weight is 288 g/mol. The van der Waals surface area contributed by atoms with Gasteiger partial charge >= 0.3 is 0 Å². The number of nitrogens with two attached hydrogens (primary N) is 1. The van der Waals surface area contributed by atoms with Gasteiger partial charge in [-0.2, -0.15) is 0 Å². The summed E-state index contributed by atoms with van der Waals surface area (Å²) >= 11 is 4.69. The van der Waals surface area contributed by atoms with Crippen LogP contribution in [0, 0.1) is 0 Å². The molecule has 9 heteroatoms. The average Bonchev–Trinajstić information content (AvgIpc) is 1.97. The van der Waals surface area contributed by atoms with E-state index in [1.54, 1.807) is 0 Å². The summed E-state index contributed by atoms with van der Waals surface area (Å²) in [5.74, 6) is -0.937. The lowest BCUT2D eigenvalue weighted by atomic mass is 10.1. The predicted octanol–water partition coefficient (Wildman–Crippen LogP) is -0.985. The molecule has 0 fully saturated rings. The molecule has 0 amide bonds. The Hall–Kier alpha value is -0.250. The van der Waals surface area contributed by atoms with Gasteiger partial charge in [-0.05, 0) is 13.8 Å². The summed E-state index contributed by atoms with van der Waals surface area (Å²) in [6.45, 7) is 3.01. The fourth-order valence-electron chi connectivity index (χ4n) is 0.751. The molecular weight excluding hydrogens is 272 g/mol. The fourth-order valence-corrected chi connectivity index (χ4v) is 3.94. The van der Waals surface area contributed by atoms with E-state index in [1.165, 1.54) is 13.8 Å². The van der Waals surface area contributed by atoms with Gasteiger partial charge in [0.05, 0.1) is 22.0 Å². The number of nitrogens with one attached hydrogen (secondary N) is 1. The first-order valence-corrected chi connectivity index (χ1v) is 8.47. The molecule has 0 aliphatic heterocycles. The van der Waals surface area contributed by atoms with E-state index in [4.69, 9.17) is 5.73 Å². The Labute approximate surface area is 102 Å². The number of hydrogen-bond donors (Lipinski definition) is 2. The van der Waals surface area contributed by atoms with E-state index in [0.717, 1.165) is 6.26 Å². The van der Waals surface area contributed by atoms with Crippen molar-refractivity contribution in [3.63, 3.8) is 0 Å². The topological polar surface area (TPSA) is 106 Å². The van der Waals surface area contributed by atoms with Gasteiger partial charge in [0, 0.05) is 6.26 Å². The Bertz CT molecular complexity index is 464. The van der Waals surface area contributed by atoms with Gasteiger partial charge < -0.3 is 5.73 Å². The van der Waals surface area contributed by atoms with E-state index >= 15 is 0 Å². The van der Waals surface area contributed by atoms with Crippen LogP contribution < -0.4 is 10.5 Å². The summed E-state index contributed by atoms with van der Waals surface area (Å²) in [6, 6.07) is 0. The van der Waals surface area contributed by atoms with E-state index in [-0.39, 0.29) is 4.99 Å². The second kappa shape index (κ2) is 4.94. The quantitative estimate of drug-likeness (QED) is 0.608. The van der Waals surface area contributed by atoms with Crippen LogP contribution in [0.2, 0.25) is 0 Å². The Morgan fingerprint density at radius 1 is 1.25 bits per heavy atom. The minimum atomic E-state index is -3.71. The van der Waals surface area contributed by atoms with Gasteiger partial charge in [0.25, 0.3) is 0 Å². The third kappa shape index (κ3) is 6.36. The fraction of sp³-hybridized carbons (Fsp3) is 0.857. The molecule has 6 nitrogen and oxygen atoms in total. The lowest BCUT2D eigenvalue weighted by molar-refractivity contribution is 0.546. The summed E-state index contributed by atoms with van der Waals surface area (Å²) < 4.78 is 46.9. The Balaban J connectivity index is 4.67. The molecule has 0 unspecified atom stereocenters. The summed E-state index contributed by atoms with van der Waals surface area (Å²) in [5, 5.41) is 0. The summed E-state index contributed by atoms with van der Waals surface area (Å²) in [6.07, 6.45) is 0.973. The van der Waals surface area contributed by atoms with E-state index in [2.05, 4.69) is 16.9 Å².